The highest BCUT2D eigenvalue weighted by Gasteiger charge is 2.05. The Bertz CT molecular complexity index is 464. The molecule has 0 amide bonds. The molecule has 0 fully saturated rings. The van der Waals surface area contributed by atoms with Crippen molar-refractivity contribution in [3.8, 4) is 11.5 Å². The summed E-state index contributed by atoms with van der Waals surface area (Å²) in [7, 11) is 5.09. The van der Waals surface area contributed by atoms with Gasteiger partial charge in [0.15, 0.2) is 5.96 Å². The van der Waals surface area contributed by atoms with E-state index in [1.807, 2.05) is 25.1 Å². The Morgan fingerprint density at radius 1 is 1.14 bits per heavy atom. The predicted molar refractivity (Wildman–Crippen MR) is 89.1 cm³/mol. The summed E-state index contributed by atoms with van der Waals surface area (Å²) in [4.78, 5) is 4.18. The van der Waals surface area contributed by atoms with Crippen LogP contribution in [0.1, 0.15) is 12.5 Å². The Labute approximate surface area is 132 Å². The van der Waals surface area contributed by atoms with Crippen LogP contribution >= 0.6 is 0 Å². The van der Waals surface area contributed by atoms with Gasteiger partial charge in [0.25, 0.3) is 0 Å². The molecule has 0 aliphatic heterocycles. The fourth-order valence-electron chi connectivity index (χ4n) is 2.00. The molecule has 0 radical (unpaired) electrons. The van der Waals surface area contributed by atoms with E-state index in [2.05, 4.69) is 15.6 Å². The molecule has 0 unspecified atom stereocenters. The van der Waals surface area contributed by atoms with Gasteiger partial charge in [-0.3, -0.25) is 4.99 Å². The van der Waals surface area contributed by atoms with Crippen LogP contribution in [0.5, 0.6) is 11.5 Å². The largest absolute Gasteiger partial charge is 0.497 e. The van der Waals surface area contributed by atoms with Crippen molar-refractivity contribution in [2.45, 2.75) is 13.3 Å². The van der Waals surface area contributed by atoms with Crippen LogP contribution in [0.15, 0.2) is 23.2 Å². The number of nitrogens with one attached hydrogen (secondary N) is 2. The topological polar surface area (TPSA) is 64.1 Å². The van der Waals surface area contributed by atoms with Crippen LogP contribution in [-0.2, 0) is 11.2 Å². The van der Waals surface area contributed by atoms with Gasteiger partial charge in [0, 0.05) is 26.7 Å². The van der Waals surface area contributed by atoms with Gasteiger partial charge in [-0.25, -0.2) is 0 Å². The van der Waals surface area contributed by atoms with Crippen molar-refractivity contribution >= 4 is 5.96 Å². The summed E-state index contributed by atoms with van der Waals surface area (Å²) in [6.45, 7) is 4.85. The molecule has 0 heterocycles. The first-order valence-corrected chi connectivity index (χ1v) is 7.48. The Morgan fingerprint density at radius 2 is 1.91 bits per heavy atom. The van der Waals surface area contributed by atoms with Gasteiger partial charge in [0.05, 0.1) is 20.8 Å². The molecule has 0 saturated heterocycles. The van der Waals surface area contributed by atoms with E-state index in [-0.39, 0.29) is 0 Å². The molecule has 0 aromatic heterocycles. The molecule has 0 aliphatic rings. The van der Waals surface area contributed by atoms with Crippen molar-refractivity contribution < 1.29 is 14.2 Å². The first-order valence-electron chi connectivity index (χ1n) is 7.48. The second kappa shape index (κ2) is 10.7. The highest BCUT2D eigenvalue weighted by Crippen LogP contribution is 2.23. The fourth-order valence-corrected chi connectivity index (χ4v) is 2.00. The molecule has 0 aliphatic carbocycles. The molecular weight excluding hydrogens is 282 g/mol. The lowest BCUT2D eigenvalue weighted by molar-refractivity contribution is 0.152. The second-order valence-electron chi connectivity index (χ2n) is 4.55. The summed E-state index contributed by atoms with van der Waals surface area (Å²) in [5.41, 5.74) is 1.10. The van der Waals surface area contributed by atoms with Crippen molar-refractivity contribution in [1.82, 2.24) is 10.6 Å². The zero-order valence-corrected chi connectivity index (χ0v) is 13.9. The van der Waals surface area contributed by atoms with E-state index >= 15 is 0 Å². The van der Waals surface area contributed by atoms with Gasteiger partial charge in [-0.05, 0) is 37.1 Å². The summed E-state index contributed by atoms with van der Waals surface area (Å²) in [5.74, 6) is 2.46. The molecule has 0 saturated carbocycles. The minimum atomic E-state index is 0.668. The molecule has 22 heavy (non-hydrogen) atoms. The molecule has 1 rings (SSSR count). The molecule has 0 spiro atoms. The van der Waals surface area contributed by atoms with Crippen LogP contribution in [0, 0.1) is 0 Å². The summed E-state index contributed by atoms with van der Waals surface area (Å²) in [5, 5.41) is 6.47. The Kier molecular flexibility index (Phi) is 8.83. The van der Waals surface area contributed by atoms with Crippen LogP contribution in [0.4, 0.5) is 0 Å². The summed E-state index contributed by atoms with van der Waals surface area (Å²) < 4.78 is 15.9. The molecule has 0 bridgehead atoms. The highest BCUT2D eigenvalue weighted by molar-refractivity contribution is 5.79. The lowest BCUT2D eigenvalue weighted by Gasteiger charge is -2.13. The van der Waals surface area contributed by atoms with Crippen LogP contribution in [0.3, 0.4) is 0 Å². The smallest absolute Gasteiger partial charge is 0.191 e. The van der Waals surface area contributed by atoms with Crippen LogP contribution < -0.4 is 20.1 Å². The molecule has 6 nitrogen and oxygen atoms in total. The van der Waals surface area contributed by atoms with Gasteiger partial charge < -0.3 is 24.8 Å². The van der Waals surface area contributed by atoms with E-state index in [9.17, 15) is 0 Å². The maximum Gasteiger partial charge on any atom is 0.191 e. The summed E-state index contributed by atoms with van der Waals surface area (Å²) in [6, 6.07) is 5.80. The summed E-state index contributed by atoms with van der Waals surface area (Å²) in [6.07, 6.45) is 0.812. The zero-order chi connectivity index (χ0) is 16.2. The first-order chi connectivity index (χ1) is 10.7. The van der Waals surface area contributed by atoms with Crippen LogP contribution in [0.25, 0.3) is 0 Å². The van der Waals surface area contributed by atoms with Gasteiger partial charge in [0.1, 0.15) is 11.5 Å². The number of benzene rings is 1. The number of hydrogen-bond acceptors (Lipinski definition) is 4. The van der Waals surface area contributed by atoms with Crippen molar-refractivity contribution in [2.24, 2.45) is 4.99 Å². The number of ether oxygens (including phenoxy) is 3. The molecule has 1 aromatic carbocycles. The fraction of sp³-hybridized carbons (Fsp3) is 0.562. The van der Waals surface area contributed by atoms with Gasteiger partial charge in [-0.15, -0.1) is 0 Å². The monoisotopic (exact) mass is 309 g/mol. The maximum atomic E-state index is 5.37. The maximum absolute atomic E-state index is 5.37. The highest BCUT2D eigenvalue weighted by atomic mass is 16.5. The first kappa shape index (κ1) is 18.1. The van der Waals surface area contributed by atoms with E-state index in [1.54, 1.807) is 21.3 Å². The number of methoxy groups -OCH3 is 2. The van der Waals surface area contributed by atoms with Crippen molar-refractivity contribution in [1.29, 1.82) is 0 Å². The Hall–Kier alpha value is -1.95. The standard InChI is InChI=1S/C16H27N3O3/c1-5-22-11-10-19-16(17-2)18-9-8-13-12-14(20-3)6-7-15(13)21-4/h6-7,12H,5,8-11H2,1-4H3,(H2,17,18,19). The molecular formula is C16H27N3O3. The lowest BCUT2D eigenvalue weighted by Crippen LogP contribution is -2.39. The van der Waals surface area contributed by atoms with Crippen LogP contribution in [0.2, 0.25) is 0 Å². The number of guanidine groups is 1. The third-order valence-electron chi connectivity index (χ3n) is 3.14. The Morgan fingerprint density at radius 3 is 2.55 bits per heavy atom. The Balaban J connectivity index is 2.45. The number of rotatable bonds is 9. The van der Waals surface area contributed by atoms with E-state index in [1.165, 1.54) is 0 Å². The predicted octanol–water partition coefficient (Wildman–Crippen LogP) is 1.45. The lowest BCUT2D eigenvalue weighted by atomic mass is 10.1. The van der Waals surface area contributed by atoms with Gasteiger partial charge in [-0.1, -0.05) is 0 Å². The quantitative estimate of drug-likeness (QED) is 0.411. The average molecular weight is 309 g/mol. The van der Waals surface area contributed by atoms with Gasteiger partial charge >= 0.3 is 0 Å². The molecule has 0 atom stereocenters. The third kappa shape index (κ3) is 6.22. The number of nitrogens with zero attached hydrogens (tertiary/aromatic N) is 1. The third-order valence-corrected chi connectivity index (χ3v) is 3.14. The number of hydrogen-bond donors (Lipinski definition) is 2. The van der Waals surface area contributed by atoms with Gasteiger partial charge in [-0.2, -0.15) is 0 Å². The van der Waals surface area contributed by atoms with Crippen molar-refractivity contribution in [2.75, 3.05) is 47.6 Å². The molecule has 6 heteroatoms. The molecule has 124 valence electrons. The second-order valence-corrected chi connectivity index (χ2v) is 4.55. The van der Waals surface area contributed by atoms with E-state index in [4.69, 9.17) is 14.2 Å². The van der Waals surface area contributed by atoms with E-state index < -0.39 is 0 Å². The molecule has 2 N–H and O–H groups in total. The normalized spacial score (nSPS) is 11.2. The SMILES string of the molecule is CCOCCNC(=NC)NCCc1cc(OC)ccc1OC. The van der Waals surface area contributed by atoms with Crippen molar-refractivity contribution in [3.63, 3.8) is 0 Å². The van der Waals surface area contributed by atoms with E-state index in [0.717, 1.165) is 49.1 Å². The average Bonchev–Trinajstić information content (AvgIpc) is 2.56. The zero-order valence-electron chi connectivity index (χ0n) is 13.9. The van der Waals surface area contributed by atoms with Gasteiger partial charge in [0.2, 0.25) is 0 Å². The van der Waals surface area contributed by atoms with Crippen molar-refractivity contribution in [3.05, 3.63) is 23.8 Å². The summed E-state index contributed by atoms with van der Waals surface area (Å²) >= 11 is 0. The van der Waals surface area contributed by atoms with E-state index in [0.29, 0.717) is 6.61 Å². The van der Waals surface area contributed by atoms with Crippen LogP contribution in [-0.4, -0.2) is 53.5 Å². The molecule has 1 aromatic rings. The minimum absolute atomic E-state index is 0.668. The number of aliphatic imine (C=N–C) groups is 1. The minimum Gasteiger partial charge on any atom is -0.497 e.